The van der Waals surface area contributed by atoms with Crippen molar-refractivity contribution in [1.29, 1.82) is 5.26 Å². The number of aliphatic imine (C=N–C) groups is 1. The van der Waals surface area contributed by atoms with Crippen molar-refractivity contribution in [2.24, 2.45) is 15.3 Å². The molecule has 232 valence electrons. The van der Waals surface area contributed by atoms with Crippen molar-refractivity contribution in [3.05, 3.63) is 99.8 Å². The lowest BCUT2D eigenvalue weighted by atomic mass is 10.0. The Bertz CT molecular complexity index is 1540. The summed E-state index contributed by atoms with van der Waals surface area (Å²) < 4.78 is 43.3. The zero-order chi connectivity index (χ0) is 32.7. The van der Waals surface area contributed by atoms with Gasteiger partial charge in [0.15, 0.2) is 5.71 Å². The fraction of sp³-hybridized carbons (Fsp3) is 0.267. The van der Waals surface area contributed by atoms with Gasteiger partial charge in [-0.05, 0) is 43.2 Å². The number of rotatable bonds is 9. The molecular formula is C30H30ClF3N6O4. The molecule has 0 fully saturated rings. The number of pyridine rings is 1. The number of esters is 1. The second-order valence-electron chi connectivity index (χ2n) is 8.90. The Morgan fingerprint density at radius 1 is 1.07 bits per heavy atom. The fourth-order valence-corrected chi connectivity index (χ4v) is 3.59. The summed E-state index contributed by atoms with van der Waals surface area (Å²) in [5.74, 6) is -0.0182. The molecule has 0 atom stereocenters. The van der Waals surface area contributed by atoms with Crippen LogP contribution in [0.4, 0.5) is 13.2 Å². The zero-order valence-corrected chi connectivity index (χ0v) is 25.3. The third-order valence-corrected chi connectivity index (χ3v) is 6.06. The second kappa shape index (κ2) is 17.2. The number of alkyl halides is 3. The molecule has 3 rings (SSSR count). The van der Waals surface area contributed by atoms with Crippen LogP contribution in [0, 0.1) is 11.5 Å². The van der Waals surface area contributed by atoms with E-state index in [9.17, 15) is 18.0 Å². The van der Waals surface area contributed by atoms with E-state index in [1.165, 1.54) is 33.3 Å². The number of ether oxygens (including phenoxy) is 1. The second-order valence-corrected chi connectivity index (χ2v) is 9.29. The number of nitriles is 1. The van der Waals surface area contributed by atoms with Crippen molar-refractivity contribution >= 4 is 34.8 Å². The van der Waals surface area contributed by atoms with Gasteiger partial charge in [-0.3, -0.25) is 0 Å². The van der Waals surface area contributed by atoms with Crippen molar-refractivity contribution in [3.8, 4) is 6.19 Å². The lowest BCUT2D eigenvalue weighted by Gasteiger charge is -2.17. The Balaban J connectivity index is 0.000000378. The molecule has 14 heteroatoms. The van der Waals surface area contributed by atoms with Crippen LogP contribution in [0.15, 0.2) is 82.2 Å². The van der Waals surface area contributed by atoms with E-state index in [0.717, 1.165) is 17.7 Å². The molecule has 0 radical (unpaired) electrons. The monoisotopic (exact) mass is 630 g/mol. The summed E-state index contributed by atoms with van der Waals surface area (Å²) >= 11 is 5.67. The van der Waals surface area contributed by atoms with E-state index in [0.29, 0.717) is 28.7 Å². The third-order valence-electron chi connectivity index (χ3n) is 5.84. The Kier molecular flexibility index (Phi) is 13.8. The molecule has 3 aromatic rings. The minimum Gasteiger partial charge on any atom is -0.464 e. The molecule has 0 aliphatic carbocycles. The highest BCUT2D eigenvalue weighted by atomic mass is 35.5. The van der Waals surface area contributed by atoms with Crippen molar-refractivity contribution in [1.82, 2.24) is 9.88 Å². The summed E-state index contributed by atoms with van der Waals surface area (Å²) in [6.45, 7) is 3.92. The van der Waals surface area contributed by atoms with E-state index in [4.69, 9.17) is 31.3 Å². The third kappa shape index (κ3) is 11.0. The highest BCUT2D eigenvalue weighted by Crippen LogP contribution is 2.29. The van der Waals surface area contributed by atoms with E-state index in [-0.39, 0.29) is 23.6 Å². The average molecular weight is 631 g/mol. The van der Waals surface area contributed by atoms with Gasteiger partial charge in [-0.2, -0.15) is 23.4 Å². The molecule has 44 heavy (non-hydrogen) atoms. The van der Waals surface area contributed by atoms with Crippen LogP contribution in [0.5, 0.6) is 0 Å². The normalized spacial score (nSPS) is 12.0. The van der Waals surface area contributed by atoms with Crippen molar-refractivity contribution in [2.75, 3.05) is 21.3 Å². The average Bonchev–Trinajstić information content (AvgIpc) is 3.01. The number of benzene rings is 2. The Hall–Kier alpha value is -4.96. The number of aromatic nitrogens is 1. The van der Waals surface area contributed by atoms with Gasteiger partial charge in [-0.15, -0.1) is 0 Å². The first-order valence-corrected chi connectivity index (χ1v) is 13.2. The molecule has 0 bridgehead atoms. The molecular weight excluding hydrogens is 601 g/mol. The maximum absolute atomic E-state index is 12.9. The molecule has 0 N–H and O–H groups in total. The van der Waals surface area contributed by atoms with Gasteiger partial charge in [-0.25, -0.2) is 9.78 Å². The van der Waals surface area contributed by atoms with Crippen LogP contribution in [0.3, 0.4) is 0 Å². The van der Waals surface area contributed by atoms with Crippen molar-refractivity contribution in [3.63, 3.8) is 0 Å². The topological polar surface area (TPSA) is 122 Å². The summed E-state index contributed by atoms with van der Waals surface area (Å²) in [5.41, 5.74) is 1.75. The van der Waals surface area contributed by atoms with Gasteiger partial charge in [0, 0.05) is 30.9 Å². The smallest absolute Gasteiger partial charge is 0.416 e. The molecule has 2 aromatic carbocycles. The minimum atomic E-state index is -4.44. The first-order valence-electron chi connectivity index (χ1n) is 12.8. The number of carbonyl (C=O) groups is 1. The lowest BCUT2D eigenvalue weighted by molar-refractivity contribution is -0.137. The predicted octanol–water partition coefficient (Wildman–Crippen LogP) is 6.24. The number of halogens is 4. The summed E-state index contributed by atoms with van der Waals surface area (Å²) in [6.07, 6.45) is -0.984. The van der Waals surface area contributed by atoms with Crippen molar-refractivity contribution in [2.45, 2.75) is 33.2 Å². The van der Waals surface area contributed by atoms with E-state index in [2.05, 4.69) is 20.3 Å². The largest absolute Gasteiger partial charge is 0.464 e. The number of nitrogens with zero attached hydrogens (tertiary/aromatic N) is 6. The molecule has 0 amide bonds. The summed E-state index contributed by atoms with van der Waals surface area (Å²) in [4.78, 5) is 31.4. The standard InChI is InChI=1S/C20H19F3N2O4.C10H11ClN4/c1-13(14-8-6-9-16(11-14)20(21,22)23)24-29-12-15-7-4-5-10-17(15)18(25-28-3)19(26)27-2;1-8(14-7-12)15(2)6-9-3-4-10(11)13-5-9/h4-11H,12H2,1-3H3;3-5H,6H2,1-2H3/b24-13+,25-18+;14-8+. The van der Waals surface area contributed by atoms with Crippen LogP contribution in [-0.4, -0.2) is 54.4 Å². The van der Waals surface area contributed by atoms with Crippen LogP contribution in [0.25, 0.3) is 0 Å². The number of hydrogen-bond acceptors (Lipinski definition) is 9. The Morgan fingerprint density at radius 2 is 1.80 bits per heavy atom. The molecule has 1 heterocycles. The Morgan fingerprint density at radius 3 is 2.41 bits per heavy atom. The molecule has 0 aliphatic heterocycles. The summed E-state index contributed by atoms with van der Waals surface area (Å²) in [7, 11) is 4.38. The number of carbonyl (C=O) groups excluding carboxylic acids is 1. The summed E-state index contributed by atoms with van der Waals surface area (Å²) in [6, 6.07) is 15.2. The Labute approximate surface area is 258 Å². The van der Waals surface area contributed by atoms with Gasteiger partial charge in [0.25, 0.3) is 0 Å². The number of oxime groups is 2. The van der Waals surface area contributed by atoms with Crippen LogP contribution in [0.2, 0.25) is 5.15 Å². The number of methoxy groups -OCH3 is 1. The van der Waals surface area contributed by atoms with Gasteiger partial charge >= 0.3 is 12.1 Å². The molecule has 0 spiro atoms. The lowest BCUT2D eigenvalue weighted by Crippen LogP contribution is -2.23. The molecule has 1 aromatic heterocycles. The van der Waals surface area contributed by atoms with Crippen LogP contribution >= 0.6 is 11.6 Å². The van der Waals surface area contributed by atoms with Gasteiger partial charge in [0.2, 0.25) is 6.19 Å². The van der Waals surface area contributed by atoms with E-state index in [1.807, 2.05) is 18.0 Å². The maximum atomic E-state index is 12.9. The number of hydrogen-bond donors (Lipinski definition) is 0. The van der Waals surface area contributed by atoms with E-state index >= 15 is 0 Å². The van der Waals surface area contributed by atoms with Crippen LogP contribution < -0.4 is 0 Å². The molecule has 0 saturated heterocycles. The zero-order valence-electron chi connectivity index (χ0n) is 24.6. The van der Waals surface area contributed by atoms with Crippen LogP contribution in [-0.2, 0) is 38.5 Å². The number of amidine groups is 1. The molecule has 10 nitrogen and oxygen atoms in total. The highest BCUT2D eigenvalue weighted by molar-refractivity contribution is 6.43. The van der Waals surface area contributed by atoms with Crippen LogP contribution in [0.1, 0.15) is 41.7 Å². The highest BCUT2D eigenvalue weighted by Gasteiger charge is 2.30. The minimum absolute atomic E-state index is 0.0484. The van der Waals surface area contributed by atoms with E-state index < -0.39 is 17.7 Å². The van der Waals surface area contributed by atoms with E-state index in [1.54, 1.807) is 49.6 Å². The quantitative estimate of drug-likeness (QED) is 0.0685. The van der Waals surface area contributed by atoms with Gasteiger partial charge in [0.05, 0.1) is 18.4 Å². The molecule has 0 unspecified atom stereocenters. The van der Waals surface area contributed by atoms with Gasteiger partial charge in [-0.1, -0.05) is 64.4 Å². The first kappa shape index (κ1) is 35.2. The van der Waals surface area contributed by atoms with Gasteiger partial charge < -0.3 is 19.3 Å². The SMILES string of the molecule is C/C(=N\C#N)N(C)Cc1ccc(Cl)nc1.CO/N=C(/C(=O)OC)c1ccccc1CO/N=C(\C)c1cccc(C(F)(F)F)c1. The maximum Gasteiger partial charge on any atom is 0.416 e. The fourth-order valence-electron chi connectivity index (χ4n) is 3.48. The van der Waals surface area contributed by atoms with Crippen molar-refractivity contribution < 1.29 is 32.4 Å². The first-order chi connectivity index (χ1) is 20.9. The summed E-state index contributed by atoms with van der Waals surface area (Å²) in [5, 5.41) is 16.4. The van der Waals surface area contributed by atoms with Gasteiger partial charge in [0.1, 0.15) is 24.7 Å². The molecule has 0 saturated carbocycles. The molecule has 0 aliphatic rings. The predicted molar refractivity (Wildman–Crippen MR) is 160 cm³/mol.